The second-order valence-electron chi connectivity index (χ2n) is 17.4. The Morgan fingerprint density at radius 2 is 0.674 bits per heavy atom. The lowest BCUT2D eigenvalue weighted by Crippen LogP contribution is -2.83. The van der Waals surface area contributed by atoms with E-state index < -0.39 is 23.7 Å². The van der Waals surface area contributed by atoms with Gasteiger partial charge in [-0.25, -0.2) is 0 Å². The molecule has 0 spiro atoms. The third-order valence-corrected chi connectivity index (χ3v) is 17.7. The molecule has 246 valence electrons. The smallest absolute Gasteiger partial charge is 0.310 e. The van der Waals surface area contributed by atoms with Crippen molar-refractivity contribution in [2.24, 2.45) is 129 Å². The minimum Gasteiger partial charge on any atom is -0.469 e. The van der Waals surface area contributed by atoms with Crippen molar-refractivity contribution in [3.05, 3.63) is 24.3 Å². The Hall–Kier alpha value is -2.64. The van der Waals surface area contributed by atoms with Crippen LogP contribution in [0, 0.1) is 129 Å². The number of methoxy groups -OCH3 is 4. The fourth-order valence-electron chi connectivity index (χ4n) is 17.3. The van der Waals surface area contributed by atoms with E-state index in [-0.39, 0.29) is 58.4 Å². The Bertz CT molecular complexity index is 1320. The highest BCUT2D eigenvalue weighted by atomic mass is 16.5. The lowest BCUT2D eigenvalue weighted by Gasteiger charge is -2.86. The summed E-state index contributed by atoms with van der Waals surface area (Å²) in [6, 6.07) is 0. The van der Waals surface area contributed by atoms with Gasteiger partial charge in [-0.15, -0.1) is 0 Å². The average molecular weight is 631 g/mol. The molecule has 12 aliphatic rings. The molecule has 8 saturated carbocycles. The van der Waals surface area contributed by atoms with Crippen LogP contribution in [0.3, 0.4) is 0 Å². The first-order chi connectivity index (χ1) is 22.1. The predicted molar refractivity (Wildman–Crippen MR) is 162 cm³/mol. The van der Waals surface area contributed by atoms with Gasteiger partial charge in [0, 0.05) is 0 Å². The number of hydrogen-bond donors (Lipinski definition) is 0. The van der Waals surface area contributed by atoms with E-state index in [1.807, 2.05) is 0 Å². The molecule has 0 aliphatic heterocycles. The molecule has 0 aromatic heterocycles. The minimum atomic E-state index is -0.467. The number of carbonyl (C=O) groups excluding carboxylic acids is 4. The van der Waals surface area contributed by atoms with Gasteiger partial charge in [0.25, 0.3) is 0 Å². The van der Waals surface area contributed by atoms with Gasteiger partial charge in [-0.05, 0) is 118 Å². The topological polar surface area (TPSA) is 105 Å². The molecule has 0 radical (unpaired) electrons. The summed E-state index contributed by atoms with van der Waals surface area (Å²) in [7, 11) is 5.77. The highest BCUT2D eigenvalue weighted by Crippen LogP contribution is 2.95. The lowest BCUT2D eigenvalue weighted by molar-refractivity contribution is -0.396. The van der Waals surface area contributed by atoms with Gasteiger partial charge in [-0.1, -0.05) is 38.2 Å². The molecule has 0 N–H and O–H groups in total. The van der Waals surface area contributed by atoms with Crippen molar-refractivity contribution in [2.75, 3.05) is 28.4 Å². The molecule has 46 heavy (non-hydrogen) atoms. The van der Waals surface area contributed by atoms with E-state index in [9.17, 15) is 19.2 Å². The van der Waals surface area contributed by atoms with Crippen molar-refractivity contribution >= 4 is 23.9 Å². The number of fused-ring (bicyclic) bond motifs is 17. The van der Waals surface area contributed by atoms with Gasteiger partial charge in [0.15, 0.2) is 0 Å². The number of rotatable bonds is 4. The largest absolute Gasteiger partial charge is 0.469 e. The van der Waals surface area contributed by atoms with Crippen LogP contribution in [0.4, 0.5) is 0 Å². The van der Waals surface area contributed by atoms with Gasteiger partial charge in [0.2, 0.25) is 0 Å². The molecule has 0 heterocycles. The fraction of sp³-hybridized carbons (Fsp3) is 0.789. The highest BCUT2D eigenvalue weighted by Gasteiger charge is 2.92. The monoisotopic (exact) mass is 630 g/mol. The zero-order valence-electron chi connectivity index (χ0n) is 27.5. The zero-order valence-corrected chi connectivity index (χ0v) is 27.5. The minimum absolute atomic E-state index is 0.0218. The SMILES string of the molecule is COC(=O)C1C(C(=O)OC)[C@@H]2C=C[C@H]1[C@H]1[C@H]3C[C@@H]([C@H]12)[C@H]1[C@@H]3C2(C)[C@H]3[C@H]4C[C@H]([C@@H]5[C@@H]6C=C[C@@H]([C@@H](C(=O)OC)[C@@H]6C(=O)OC)[C@H]45)[C@H]3C12C. The molecule has 8 fully saturated rings. The second-order valence-corrected chi connectivity index (χ2v) is 17.4. The molecular weight excluding hydrogens is 584 g/mol. The predicted octanol–water partition coefficient (Wildman–Crippen LogP) is 4.04. The quantitative estimate of drug-likeness (QED) is 0.261. The van der Waals surface area contributed by atoms with E-state index in [0.29, 0.717) is 71.0 Å². The maximum atomic E-state index is 13.3. The van der Waals surface area contributed by atoms with Crippen LogP contribution in [-0.4, -0.2) is 52.3 Å². The molecule has 0 aromatic carbocycles. The fourth-order valence-corrected chi connectivity index (χ4v) is 17.3. The summed E-state index contributed by atoms with van der Waals surface area (Å²) in [6.07, 6.45) is 11.4. The van der Waals surface area contributed by atoms with Crippen LogP contribution in [0.5, 0.6) is 0 Å². The first-order valence-electron chi connectivity index (χ1n) is 17.8. The van der Waals surface area contributed by atoms with Crippen LogP contribution in [-0.2, 0) is 38.1 Å². The molecule has 22 atom stereocenters. The number of carbonyl (C=O) groups is 4. The maximum Gasteiger partial charge on any atom is 0.310 e. The third kappa shape index (κ3) is 2.62. The van der Waals surface area contributed by atoms with E-state index in [1.165, 1.54) is 41.3 Å². The number of esters is 4. The van der Waals surface area contributed by atoms with Gasteiger partial charge >= 0.3 is 23.9 Å². The van der Waals surface area contributed by atoms with Crippen molar-refractivity contribution < 1.29 is 38.1 Å². The van der Waals surface area contributed by atoms with E-state index >= 15 is 0 Å². The first-order valence-corrected chi connectivity index (χ1v) is 17.8. The van der Waals surface area contributed by atoms with Crippen molar-refractivity contribution in [2.45, 2.75) is 26.7 Å². The second kappa shape index (κ2) is 8.68. The summed E-state index contributed by atoms with van der Waals surface area (Å²) in [5, 5.41) is 0. The molecule has 12 aliphatic carbocycles. The summed E-state index contributed by atoms with van der Waals surface area (Å²) >= 11 is 0. The van der Waals surface area contributed by atoms with Crippen molar-refractivity contribution in [1.82, 2.24) is 0 Å². The molecule has 4 unspecified atom stereocenters. The van der Waals surface area contributed by atoms with Crippen molar-refractivity contribution in [1.29, 1.82) is 0 Å². The van der Waals surface area contributed by atoms with E-state index in [4.69, 9.17) is 18.9 Å². The van der Waals surface area contributed by atoms with Crippen LogP contribution in [0.25, 0.3) is 0 Å². The van der Waals surface area contributed by atoms with Gasteiger partial charge < -0.3 is 18.9 Å². The molecule has 8 bridgehead atoms. The van der Waals surface area contributed by atoms with Crippen LogP contribution in [0.15, 0.2) is 24.3 Å². The van der Waals surface area contributed by atoms with Gasteiger partial charge in [0.05, 0.1) is 52.1 Å². The van der Waals surface area contributed by atoms with Crippen LogP contribution in [0.1, 0.15) is 26.7 Å². The Labute approximate surface area is 270 Å². The third-order valence-electron chi connectivity index (χ3n) is 17.7. The Morgan fingerprint density at radius 3 is 0.870 bits per heavy atom. The summed E-state index contributed by atoms with van der Waals surface area (Å²) in [4.78, 5) is 53.1. The number of allylic oxidation sites excluding steroid dienone is 4. The number of ether oxygens (including phenoxy) is 4. The molecule has 0 saturated heterocycles. The van der Waals surface area contributed by atoms with E-state index in [2.05, 4.69) is 38.2 Å². The Balaban J connectivity index is 1.02. The van der Waals surface area contributed by atoms with Gasteiger partial charge in [-0.3, -0.25) is 19.2 Å². The van der Waals surface area contributed by atoms with Crippen molar-refractivity contribution in [3.8, 4) is 0 Å². The van der Waals surface area contributed by atoms with Gasteiger partial charge in [0.1, 0.15) is 0 Å². The maximum absolute atomic E-state index is 13.3. The van der Waals surface area contributed by atoms with Crippen LogP contribution in [0.2, 0.25) is 0 Å². The highest BCUT2D eigenvalue weighted by molar-refractivity contribution is 5.85. The van der Waals surface area contributed by atoms with E-state index in [0.717, 1.165) is 0 Å². The molecule has 8 heteroatoms. The first kappa shape index (κ1) is 28.4. The average Bonchev–Trinajstić information content (AvgIpc) is 3.87. The lowest BCUT2D eigenvalue weighted by atomic mass is 9.17. The van der Waals surface area contributed by atoms with Crippen LogP contribution < -0.4 is 0 Å². The zero-order chi connectivity index (χ0) is 31.9. The van der Waals surface area contributed by atoms with Crippen LogP contribution >= 0.6 is 0 Å². The molecule has 12 rings (SSSR count). The summed E-state index contributed by atoms with van der Waals surface area (Å²) in [6.45, 7) is 5.22. The summed E-state index contributed by atoms with van der Waals surface area (Å²) in [5.41, 5.74) is 0.478. The van der Waals surface area contributed by atoms with E-state index in [1.54, 1.807) is 0 Å². The normalized spacial score (nSPS) is 60.6. The Kier molecular flexibility index (Phi) is 5.36. The summed E-state index contributed by atoms with van der Waals surface area (Å²) < 4.78 is 21.3. The molecule has 0 aromatic rings. The Morgan fingerprint density at radius 1 is 0.457 bits per heavy atom. The number of hydrogen-bond acceptors (Lipinski definition) is 8. The molecule has 0 amide bonds. The standard InChI is InChI=1S/C38H46O8/c1-37-29-17-11-19(23-15-9-7-13(21(17)23)25(33(39)43-3)27(15)35(41)45-5)31(29)38(37,2)32-20-12-18(30(32)37)22-14-8-10-16(24(20)22)28(36(42)46-6)26(14)34(40)44-4/h7-10,13-32H,11-12H2,1-6H3/t13-,14+,15+,16-,17+,18-,19-,20+,21-,22+,23+,24-,25-,26?,27-,28?,29+,30-,31-,32+,37?,38?/m1/s1. The molecular formula is C38H46O8. The van der Waals surface area contributed by atoms with Crippen molar-refractivity contribution in [3.63, 3.8) is 0 Å². The van der Waals surface area contributed by atoms with Gasteiger partial charge in [-0.2, -0.15) is 0 Å². The molecule has 8 nitrogen and oxygen atoms in total. The summed E-state index contributed by atoms with van der Waals surface area (Å²) in [5.74, 6) is 3.59.